The quantitative estimate of drug-likeness (QED) is 0.679. The number of nitrogens with zero attached hydrogens (tertiary/aromatic N) is 2. The summed E-state index contributed by atoms with van der Waals surface area (Å²) in [5.41, 5.74) is 5.33. The van der Waals surface area contributed by atoms with Crippen molar-refractivity contribution in [3.63, 3.8) is 0 Å². The second-order valence-corrected chi connectivity index (χ2v) is 7.08. The van der Waals surface area contributed by atoms with Crippen LogP contribution in [-0.2, 0) is 0 Å². The van der Waals surface area contributed by atoms with E-state index in [2.05, 4.69) is 65.8 Å². The van der Waals surface area contributed by atoms with Crippen LogP contribution >= 0.6 is 0 Å². The summed E-state index contributed by atoms with van der Waals surface area (Å²) in [4.78, 5) is 13.8. The molecule has 2 heterocycles. The minimum Gasteiger partial charge on any atom is -0.360 e. The largest absolute Gasteiger partial charge is 0.360 e. The third kappa shape index (κ3) is 2.42. The fourth-order valence-corrected chi connectivity index (χ4v) is 4.14. The Morgan fingerprint density at radius 3 is 2.32 bits per heavy atom. The van der Waals surface area contributed by atoms with E-state index in [9.17, 15) is 0 Å². The van der Waals surface area contributed by atoms with Gasteiger partial charge in [0.15, 0.2) is 5.66 Å². The number of aromatic nitrogens is 1. The lowest BCUT2D eigenvalue weighted by Gasteiger charge is -2.27. The number of para-hydroxylation sites is 1. The maximum absolute atomic E-state index is 5.22. The fourth-order valence-electron chi connectivity index (χ4n) is 4.14. The molecule has 3 nitrogen and oxygen atoms in total. The minimum absolute atomic E-state index is 0.239. The zero-order valence-corrected chi connectivity index (χ0v) is 14.2. The Morgan fingerprint density at radius 1 is 0.760 bits per heavy atom. The molecule has 1 aliphatic heterocycles. The van der Waals surface area contributed by atoms with Crippen molar-refractivity contribution < 1.29 is 0 Å². The van der Waals surface area contributed by atoms with Gasteiger partial charge in [-0.2, -0.15) is 0 Å². The molecule has 1 N–H and O–H groups in total. The first-order valence-electron chi connectivity index (χ1n) is 9.17. The minimum atomic E-state index is -0.239. The number of H-pyrrole nitrogens is 1. The number of aliphatic imine (C=N–C) groups is 2. The molecule has 0 unspecified atom stereocenters. The zero-order valence-electron chi connectivity index (χ0n) is 14.2. The standard InChI is InChI=1S/C22H21N3/c1-3-9-16(10-4-1)20-21(25-22(24-20)13-7-2-8-14-22)18-15-23-19-12-6-5-11-17(18)19/h1,3-6,9-12,15,23H,2,7-8,13-14H2. The molecule has 5 rings (SSSR count). The van der Waals surface area contributed by atoms with Crippen LogP contribution in [0.25, 0.3) is 10.9 Å². The summed E-state index contributed by atoms with van der Waals surface area (Å²) in [6.45, 7) is 0. The molecule has 2 aliphatic rings. The van der Waals surface area contributed by atoms with E-state index < -0.39 is 0 Å². The van der Waals surface area contributed by atoms with Gasteiger partial charge in [-0.25, -0.2) is 0 Å². The third-order valence-electron chi connectivity index (χ3n) is 5.41. The van der Waals surface area contributed by atoms with Crippen molar-refractivity contribution in [1.29, 1.82) is 0 Å². The van der Waals surface area contributed by atoms with Crippen LogP contribution in [0.15, 0.2) is 70.8 Å². The number of aromatic amines is 1. The first-order valence-corrected chi connectivity index (χ1v) is 9.17. The Kier molecular flexibility index (Phi) is 3.34. The van der Waals surface area contributed by atoms with Crippen molar-refractivity contribution in [2.45, 2.75) is 37.8 Å². The van der Waals surface area contributed by atoms with Crippen LogP contribution in [0.4, 0.5) is 0 Å². The Hall–Kier alpha value is -2.68. The number of benzene rings is 2. The molecular weight excluding hydrogens is 306 g/mol. The highest BCUT2D eigenvalue weighted by Gasteiger charge is 2.38. The molecule has 3 heteroatoms. The molecule has 1 fully saturated rings. The van der Waals surface area contributed by atoms with E-state index in [-0.39, 0.29) is 5.66 Å². The first-order chi connectivity index (χ1) is 12.3. The molecule has 3 aromatic rings. The average Bonchev–Trinajstić information content (AvgIpc) is 3.25. The van der Waals surface area contributed by atoms with Crippen LogP contribution in [0.3, 0.4) is 0 Å². The van der Waals surface area contributed by atoms with Crippen LogP contribution in [0, 0.1) is 0 Å². The lowest BCUT2D eigenvalue weighted by Crippen LogP contribution is -2.25. The first kappa shape index (κ1) is 14.6. The number of rotatable bonds is 2. The van der Waals surface area contributed by atoms with Gasteiger partial charge in [0.05, 0.1) is 11.4 Å². The number of hydrogen-bond acceptors (Lipinski definition) is 2. The van der Waals surface area contributed by atoms with E-state index in [0.717, 1.165) is 35.3 Å². The Labute approximate surface area is 147 Å². The van der Waals surface area contributed by atoms with Crippen molar-refractivity contribution in [3.8, 4) is 0 Å². The molecule has 1 saturated carbocycles. The van der Waals surface area contributed by atoms with Crippen LogP contribution in [0.2, 0.25) is 0 Å². The lowest BCUT2D eigenvalue weighted by molar-refractivity contribution is 0.316. The summed E-state index contributed by atoms with van der Waals surface area (Å²) in [6, 6.07) is 18.9. The molecule has 0 saturated heterocycles. The molecule has 124 valence electrons. The summed E-state index contributed by atoms with van der Waals surface area (Å²) < 4.78 is 0. The van der Waals surface area contributed by atoms with Gasteiger partial charge in [0.1, 0.15) is 0 Å². The second-order valence-electron chi connectivity index (χ2n) is 7.08. The summed E-state index contributed by atoms with van der Waals surface area (Å²) in [7, 11) is 0. The number of fused-ring (bicyclic) bond motifs is 1. The van der Waals surface area contributed by atoms with Crippen molar-refractivity contribution in [2.75, 3.05) is 0 Å². The molecular formula is C22H21N3. The Morgan fingerprint density at radius 2 is 1.48 bits per heavy atom. The third-order valence-corrected chi connectivity index (χ3v) is 5.41. The van der Waals surface area contributed by atoms with Crippen molar-refractivity contribution in [1.82, 2.24) is 4.98 Å². The van der Waals surface area contributed by atoms with Crippen LogP contribution in [0.1, 0.15) is 43.2 Å². The highest BCUT2D eigenvalue weighted by atomic mass is 15.1. The van der Waals surface area contributed by atoms with Crippen LogP contribution in [-0.4, -0.2) is 22.1 Å². The SMILES string of the molecule is c1ccc(C2=NC3(CCCCC3)N=C2c2c[nH]c3ccccc23)cc1. The van der Waals surface area contributed by atoms with E-state index in [4.69, 9.17) is 9.98 Å². The second kappa shape index (κ2) is 5.69. The average molecular weight is 327 g/mol. The maximum Gasteiger partial charge on any atom is 0.151 e. The molecule has 0 atom stereocenters. The zero-order chi connectivity index (χ0) is 16.7. The van der Waals surface area contributed by atoms with Gasteiger partial charge in [-0.1, -0.05) is 55.0 Å². The molecule has 2 aromatic carbocycles. The van der Waals surface area contributed by atoms with Gasteiger partial charge in [0.25, 0.3) is 0 Å². The monoisotopic (exact) mass is 327 g/mol. The topological polar surface area (TPSA) is 40.5 Å². The van der Waals surface area contributed by atoms with Crippen LogP contribution < -0.4 is 0 Å². The van der Waals surface area contributed by atoms with Crippen molar-refractivity contribution in [2.24, 2.45) is 9.98 Å². The molecule has 1 spiro atoms. The van der Waals surface area contributed by atoms with Crippen molar-refractivity contribution in [3.05, 3.63) is 71.9 Å². The Balaban J connectivity index is 1.70. The lowest BCUT2D eigenvalue weighted by atomic mass is 9.90. The maximum atomic E-state index is 5.22. The molecule has 0 radical (unpaired) electrons. The Bertz CT molecular complexity index is 973. The normalized spacial score (nSPS) is 19.2. The molecule has 1 aromatic heterocycles. The summed E-state index contributed by atoms with van der Waals surface area (Å²) >= 11 is 0. The fraction of sp³-hybridized carbons (Fsp3) is 0.273. The number of hydrogen-bond donors (Lipinski definition) is 1. The molecule has 25 heavy (non-hydrogen) atoms. The summed E-state index contributed by atoms with van der Waals surface area (Å²) in [5.74, 6) is 0. The summed E-state index contributed by atoms with van der Waals surface area (Å²) in [5, 5.41) is 1.22. The summed E-state index contributed by atoms with van der Waals surface area (Å²) in [6.07, 6.45) is 7.95. The van der Waals surface area contributed by atoms with E-state index in [1.165, 1.54) is 30.2 Å². The van der Waals surface area contributed by atoms with Crippen molar-refractivity contribution >= 4 is 22.3 Å². The van der Waals surface area contributed by atoms with Gasteiger partial charge in [-0.3, -0.25) is 9.98 Å². The van der Waals surface area contributed by atoms with Crippen LogP contribution in [0.5, 0.6) is 0 Å². The number of nitrogens with one attached hydrogen (secondary N) is 1. The van der Waals surface area contributed by atoms with Gasteiger partial charge >= 0.3 is 0 Å². The van der Waals surface area contributed by atoms with E-state index >= 15 is 0 Å². The predicted molar refractivity (Wildman–Crippen MR) is 104 cm³/mol. The van der Waals surface area contributed by atoms with Gasteiger partial charge in [0.2, 0.25) is 0 Å². The molecule has 1 aliphatic carbocycles. The van der Waals surface area contributed by atoms with Gasteiger partial charge < -0.3 is 4.98 Å². The van der Waals surface area contributed by atoms with Gasteiger partial charge in [0, 0.05) is 28.2 Å². The van der Waals surface area contributed by atoms with E-state index in [1.54, 1.807) is 0 Å². The molecule has 0 amide bonds. The van der Waals surface area contributed by atoms with E-state index in [0.29, 0.717) is 0 Å². The van der Waals surface area contributed by atoms with Gasteiger partial charge in [-0.15, -0.1) is 0 Å². The smallest absolute Gasteiger partial charge is 0.151 e. The molecule has 0 bridgehead atoms. The van der Waals surface area contributed by atoms with E-state index in [1.807, 2.05) is 0 Å². The predicted octanol–water partition coefficient (Wildman–Crippen LogP) is 5.12. The van der Waals surface area contributed by atoms with Gasteiger partial charge in [-0.05, 0) is 31.7 Å². The highest BCUT2D eigenvalue weighted by Crippen LogP contribution is 2.38. The highest BCUT2D eigenvalue weighted by molar-refractivity contribution is 6.56.